The van der Waals surface area contributed by atoms with Crippen molar-refractivity contribution in [2.24, 2.45) is 16.6 Å². The molecular formula is C21H21N5O7. The zero-order valence-electron chi connectivity index (χ0n) is 18.0. The molecule has 1 aromatic heterocycles. The molecule has 2 unspecified atom stereocenters. The lowest BCUT2D eigenvalue weighted by Gasteiger charge is -2.32. The van der Waals surface area contributed by atoms with Crippen molar-refractivity contribution < 1.29 is 23.8 Å². The molecule has 172 valence electrons. The number of benzene rings is 1. The van der Waals surface area contributed by atoms with E-state index in [-0.39, 0.29) is 35.2 Å². The van der Waals surface area contributed by atoms with Crippen LogP contribution in [0.25, 0.3) is 0 Å². The summed E-state index contributed by atoms with van der Waals surface area (Å²) >= 11 is 0. The molecule has 2 atom stereocenters. The molecule has 0 saturated heterocycles. The first kappa shape index (κ1) is 21.9. The van der Waals surface area contributed by atoms with Gasteiger partial charge in [-0.15, -0.1) is 0 Å². The van der Waals surface area contributed by atoms with Gasteiger partial charge in [-0.3, -0.25) is 24.4 Å². The average molecular weight is 455 g/mol. The molecule has 12 heteroatoms. The van der Waals surface area contributed by atoms with Gasteiger partial charge in [-0.05, 0) is 24.6 Å². The fourth-order valence-electron chi connectivity index (χ4n) is 3.99. The van der Waals surface area contributed by atoms with Crippen molar-refractivity contribution in [3.63, 3.8) is 0 Å². The highest BCUT2D eigenvalue weighted by molar-refractivity contribution is 6.25. The van der Waals surface area contributed by atoms with Gasteiger partial charge in [-0.1, -0.05) is 6.07 Å². The predicted molar refractivity (Wildman–Crippen MR) is 116 cm³/mol. The topological polar surface area (TPSA) is 178 Å². The van der Waals surface area contributed by atoms with Gasteiger partial charge >= 0.3 is 11.7 Å². The number of hydrogen-bond acceptors (Lipinski definition) is 10. The minimum atomic E-state index is -1.46. The normalized spacial score (nSPS) is 19.1. The lowest BCUT2D eigenvalue weighted by molar-refractivity contribution is -0.148. The van der Waals surface area contributed by atoms with Gasteiger partial charge in [0.15, 0.2) is 23.2 Å². The number of allylic oxidation sites excluding steroid dienone is 1. The van der Waals surface area contributed by atoms with Gasteiger partial charge in [0.25, 0.3) is 5.56 Å². The molecule has 0 amide bonds. The number of H-pyrrole nitrogens is 2. The maximum atomic E-state index is 13.5. The number of nitrogens with one attached hydrogen (secondary N) is 3. The van der Waals surface area contributed by atoms with Crippen LogP contribution in [0.5, 0.6) is 11.5 Å². The summed E-state index contributed by atoms with van der Waals surface area (Å²) in [6.45, 7) is 1.65. The molecule has 2 aromatic rings. The van der Waals surface area contributed by atoms with Gasteiger partial charge in [-0.2, -0.15) is 0 Å². The van der Waals surface area contributed by atoms with Crippen LogP contribution in [0.15, 0.2) is 44.2 Å². The van der Waals surface area contributed by atoms with Crippen LogP contribution < -0.4 is 31.8 Å². The number of hydrogen-bond donors (Lipinski definition) is 4. The van der Waals surface area contributed by atoms with E-state index in [0.717, 1.165) is 0 Å². The highest BCUT2D eigenvalue weighted by atomic mass is 16.5. The minimum absolute atomic E-state index is 0.0200. The number of nitrogens with zero attached hydrogens (tertiary/aromatic N) is 1. The number of esters is 1. The smallest absolute Gasteiger partial charge is 0.327 e. The van der Waals surface area contributed by atoms with Gasteiger partial charge < -0.3 is 25.3 Å². The van der Waals surface area contributed by atoms with Gasteiger partial charge in [0.05, 0.1) is 37.9 Å². The number of aromatic amines is 2. The van der Waals surface area contributed by atoms with Crippen molar-refractivity contribution in [1.82, 2.24) is 9.97 Å². The van der Waals surface area contributed by atoms with Gasteiger partial charge in [0, 0.05) is 0 Å². The van der Waals surface area contributed by atoms with Crippen LogP contribution in [0.1, 0.15) is 24.0 Å². The summed E-state index contributed by atoms with van der Waals surface area (Å²) < 4.78 is 15.6. The molecule has 5 N–H and O–H groups in total. The van der Waals surface area contributed by atoms with Crippen LogP contribution in [0.4, 0.5) is 5.82 Å². The Labute approximate surface area is 186 Å². The van der Waals surface area contributed by atoms with Crippen LogP contribution in [0.3, 0.4) is 0 Å². The number of rotatable bonds is 5. The number of nitrogens with two attached hydrogens (primary N) is 1. The van der Waals surface area contributed by atoms with E-state index in [1.54, 1.807) is 25.1 Å². The van der Waals surface area contributed by atoms with Crippen LogP contribution in [-0.4, -0.2) is 48.4 Å². The molecule has 0 bridgehead atoms. The largest absolute Gasteiger partial charge is 0.493 e. The maximum absolute atomic E-state index is 13.5. The van der Waals surface area contributed by atoms with Gasteiger partial charge in [0.1, 0.15) is 17.5 Å². The van der Waals surface area contributed by atoms with Crippen molar-refractivity contribution in [3.8, 4) is 11.5 Å². The van der Waals surface area contributed by atoms with E-state index in [9.17, 15) is 19.2 Å². The number of Topliss-reactive ketones (excluding diaryl/α,β-unsaturated/α-hetero) is 1. The van der Waals surface area contributed by atoms with Crippen molar-refractivity contribution >= 4 is 23.4 Å². The number of ether oxygens (including phenoxy) is 3. The van der Waals surface area contributed by atoms with E-state index >= 15 is 0 Å². The second-order valence-corrected chi connectivity index (χ2v) is 7.22. The second kappa shape index (κ2) is 8.30. The first-order chi connectivity index (χ1) is 15.8. The van der Waals surface area contributed by atoms with E-state index in [4.69, 9.17) is 19.9 Å². The molecule has 33 heavy (non-hydrogen) atoms. The maximum Gasteiger partial charge on any atom is 0.327 e. The van der Waals surface area contributed by atoms with Crippen LogP contribution in [-0.2, 0) is 14.3 Å². The van der Waals surface area contributed by atoms with Crippen molar-refractivity contribution in [2.45, 2.75) is 12.8 Å². The Hall–Kier alpha value is -4.35. The first-order valence-electron chi connectivity index (χ1n) is 9.95. The summed E-state index contributed by atoms with van der Waals surface area (Å²) in [6.07, 6.45) is 0. The Kier molecular flexibility index (Phi) is 5.50. The number of methoxy groups -OCH3 is 2. The summed E-state index contributed by atoms with van der Waals surface area (Å²) in [4.78, 5) is 59.7. The quantitative estimate of drug-likeness (QED) is 0.356. The number of fused-ring (bicyclic) bond motifs is 1. The molecule has 0 saturated carbocycles. The third kappa shape index (κ3) is 3.54. The number of carbonyl (C=O) groups excluding carboxylic acids is 2. The second-order valence-electron chi connectivity index (χ2n) is 7.22. The number of aliphatic imine (C=N–C) groups is 1. The summed E-state index contributed by atoms with van der Waals surface area (Å²) in [5, 5.41) is 2.79. The Morgan fingerprint density at radius 2 is 1.85 bits per heavy atom. The summed E-state index contributed by atoms with van der Waals surface area (Å²) in [5.41, 5.74) is 5.03. The van der Waals surface area contributed by atoms with Crippen LogP contribution in [0, 0.1) is 5.92 Å². The Bertz CT molecular complexity index is 1340. The lowest BCUT2D eigenvalue weighted by Crippen LogP contribution is -2.45. The molecule has 3 heterocycles. The number of anilines is 1. The van der Waals surface area contributed by atoms with Crippen molar-refractivity contribution in [1.29, 1.82) is 0 Å². The van der Waals surface area contributed by atoms with Gasteiger partial charge in [-0.25, -0.2) is 9.79 Å². The minimum Gasteiger partial charge on any atom is -0.493 e. The Morgan fingerprint density at radius 3 is 2.52 bits per heavy atom. The monoisotopic (exact) mass is 455 g/mol. The molecule has 4 rings (SSSR count). The van der Waals surface area contributed by atoms with Crippen molar-refractivity contribution in [3.05, 3.63) is 61.6 Å². The zero-order chi connectivity index (χ0) is 23.9. The number of ketones is 1. The van der Waals surface area contributed by atoms with E-state index in [2.05, 4.69) is 20.3 Å². The lowest BCUT2D eigenvalue weighted by atomic mass is 9.77. The van der Waals surface area contributed by atoms with Gasteiger partial charge in [0.2, 0.25) is 0 Å². The van der Waals surface area contributed by atoms with E-state index in [0.29, 0.717) is 17.1 Å². The fraction of sp³-hybridized carbons (Fsp3) is 0.286. The van der Waals surface area contributed by atoms with Crippen LogP contribution >= 0.6 is 0 Å². The first-order valence-corrected chi connectivity index (χ1v) is 9.95. The average Bonchev–Trinajstić information content (AvgIpc) is 2.77. The molecule has 2 aliphatic rings. The Morgan fingerprint density at radius 1 is 1.12 bits per heavy atom. The third-order valence-electron chi connectivity index (χ3n) is 5.38. The van der Waals surface area contributed by atoms with E-state index in [1.165, 1.54) is 14.2 Å². The summed E-state index contributed by atoms with van der Waals surface area (Å²) in [6, 6.07) is 4.86. The molecule has 0 fully saturated rings. The van der Waals surface area contributed by atoms with Crippen LogP contribution in [0.2, 0.25) is 0 Å². The number of aromatic nitrogens is 2. The number of carbonyl (C=O) groups is 2. The highest BCUT2D eigenvalue weighted by Crippen LogP contribution is 2.44. The predicted octanol–water partition coefficient (Wildman–Crippen LogP) is -0.0314. The molecule has 0 radical (unpaired) electrons. The molecule has 1 aromatic carbocycles. The Balaban J connectivity index is 1.98. The summed E-state index contributed by atoms with van der Waals surface area (Å²) in [7, 11) is 2.92. The van der Waals surface area contributed by atoms with E-state index < -0.39 is 34.8 Å². The summed E-state index contributed by atoms with van der Waals surface area (Å²) in [5.74, 6) is -3.37. The zero-order valence-corrected chi connectivity index (χ0v) is 18.0. The highest BCUT2D eigenvalue weighted by Gasteiger charge is 2.45. The van der Waals surface area contributed by atoms with Crippen molar-refractivity contribution in [2.75, 3.05) is 26.1 Å². The molecule has 12 nitrogen and oxygen atoms in total. The number of amidine groups is 1. The third-order valence-corrected chi connectivity index (χ3v) is 5.38. The molecule has 2 aliphatic heterocycles. The standard InChI is InChI=1S/C21H21N5O7/c1-4-33-20(29)14-15(27)12-11(8-5-6-9(31-2)10(7-8)32-3)13-18(24-17(12)23-16(14)22)25-21(30)26-19(13)28/h5-7,11,14H,4H2,1-3H3,(H2,22,23)(H3,24,25,26,28,30). The molecular weight excluding hydrogens is 434 g/mol. The molecule has 0 spiro atoms. The fourth-order valence-corrected chi connectivity index (χ4v) is 3.99. The molecule has 0 aliphatic carbocycles. The van der Waals surface area contributed by atoms with E-state index in [1.807, 2.05) is 0 Å². The SMILES string of the molecule is CCOC(=O)C1C(=O)C2=C(N=C1N)Nc1[nH]c(=O)[nH]c(=O)c1C2c1ccc(OC)c(OC)c1.